The first-order valence-corrected chi connectivity index (χ1v) is 19.7. The molecule has 0 unspecified atom stereocenters. The summed E-state index contributed by atoms with van der Waals surface area (Å²) in [5.74, 6) is -9.31. The van der Waals surface area contributed by atoms with Gasteiger partial charge in [-0.05, 0) is 130 Å². The average Bonchev–Trinajstić information content (AvgIpc) is 3.12. The molecule has 0 spiro atoms. The maximum atomic E-state index is 14.5. The number of hydrogen-bond donors (Lipinski definition) is 0. The van der Waals surface area contributed by atoms with Crippen molar-refractivity contribution in [2.75, 3.05) is 58.9 Å². The van der Waals surface area contributed by atoms with Crippen LogP contribution in [0.5, 0.6) is 0 Å². The summed E-state index contributed by atoms with van der Waals surface area (Å²) in [6.07, 6.45) is 1.73. The van der Waals surface area contributed by atoms with E-state index in [2.05, 4.69) is 0 Å². The van der Waals surface area contributed by atoms with E-state index in [1.165, 1.54) is 12.1 Å². The quantitative estimate of drug-likeness (QED) is 0.210. The minimum Gasteiger partial charge on any atom is -0.444 e. The zero-order valence-electron chi connectivity index (χ0n) is 34.6. The highest BCUT2D eigenvalue weighted by molar-refractivity contribution is 5.85. The zero-order chi connectivity index (χ0) is 42.8. The van der Waals surface area contributed by atoms with Gasteiger partial charge in [-0.3, -0.25) is 9.69 Å². The Hall–Kier alpha value is -4.01. The third kappa shape index (κ3) is 15.6. The molecular formula is C43H64F6N4O5. The van der Waals surface area contributed by atoms with Crippen molar-refractivity contribution in [3.8, 4) is 0 Å². The Balaban J connectivity index is 0.000000394. The Morgan fingerprint density at radius 1 is 0.672 bits per heavy atom. The van der Waals surface area contributed by atoms with Crippen molar-refractivity contribution in [1.82, 2.24) is 19.6 Å². The van der Waals surface area contributed by atoms with Gasteiger partial charge in [0.2, 0.25) is 0 Å². The summed E-state index contributed by atoms with van der Waals surface area (Å²) in [5.41, 5.74) is -2.08. The predicted molar refractivity (Wildman–Crippen MR) is 213 cm³/mol. The van der Waals surface area contributed by atoms with E-state index < -0.39 is 58.8 Å². The molecule has 0 N–H and O–H groups in total. The Labute approximate surface area is 341 Å². The molecule has 0 aliphatic carbocycles. The van der Waals surface area contributed by atoms with Crippen molar-refractivity contribution in [3.63, 3.8) is 0 Å². The predicted octanol–water partition coefficient (Wildman–Crippen LogP) is 9.94. The summed E-state index contributed by atoms with van der Waals surface area (Å²) in [7, 11) is 0. The number of carbonyl (C=O) groups excluding carboxylic acids is 3. The van der Waals surface area contributed by atoms with Crippen LogP contribution in [0.4, 0.5) is 35.9 Å². The molecule has 2 aromatic carbocycles. The van der Waals surface area contributed by atoms with Crippen LogP contribution in [0.15, 0.2) is 48.5 Å². The Morgan fingerprint density at radius 3 is 1.47 bits per heavy atom. The van der Waals surface area contributed by atoms with E-state index in [1.807, 2.05) is 34.6 Å². The van der Waals surface area contributed by atoms with Crippen LogP contribution in [0.1, 0.15) is 99.6 Å². The molecule has 2 aromatic rings. The third-order valence-electron chi connectivity index (χ3n) is 9.76. The van der Waals surface area contributed by atoms with E-state index in [9.17, 15) is 40.7 Å². The lowest BCUT2D eigenvalue weighted by Crippen LogP contribution is -2.48. The van der Waals surface area contributed by atoms with E-state index in [0.717, 1.165) is 48.1 Å². The lowest BCUT2D eigenvalue weighted by molar-refractivity contribution is -0.160. The van der Waals surface area contributed by atoms with Crippen molar-refractivity contribution in [2.24, 2.45) is 11.8 Å². The summed E-state index contributed by atoms with van der Waals surface area (Å²) in [4.78, 5) is 43.0. The number of nitrogens with zero attached hydrogens (tertiary/aromatic N) is 4. The largest absolute Gasteiger partial charge is 0.444 e. The number of benzene rings is 2. The van der Waals surface area contributed by atoms with Gasteiger partial charge in [0.15, 0.2) is 0 Å². The minimum atomic E-state index is -3.78. The number of ether oxygens (including phenoxy) is 2. The minimum absolute atomic E-state index is 0. The molecular weight excluding hydrogens is 766 g/mol. The number of amides is 3. The lowest BCUT2D eigenvalue weighted by atomic mass is 9.95. The van der Waals surface area contributed by atoms with Gasteiger partial charge in [0.1, 0.15) is 22.8 Å². The number of rotatable bonds is 11. The standard InChI is InChI=1S/C21H29F3N2O3.C21H31F3N2O2.CH4/c1-5-25(19(28)29-20(2,3)4)14-15-9-11-26(12-10-15)18(27)21(23,24)16-7-6-8-17(22)13-16;1-5-26(19(27)28-20(2,3)4)14-16-9-11-25(12-10-16)15-21(23,24)17-7-6-8-18(22)13-17;/h6-8,13,15H,5,9-12,14H2,1-4H3;6-8,13,16H,5,9-12,14-15H2,1-4H3;1H4. The maximum absolute atomic E-state index is 14.5. The van der Waals surface area contributed by atoms with Crippen molar-refractivity contribution in [3.05, 3.63) is 71.3 Å². The molecule has 15 heteroatoms. The molecule has 328 valence electrons. The molecule has 58 heavy (non-hydrogen) atoms. The average molecular weight is 831 g/mol. The van der Waals surface area contributed by atoms with Crippen LogP contribution in [0.2, 0.25) is 0 Å². The fourth-order valence-electron chi connectivity index (χ4n) is 6.68. The molecule has 2 saturated heterocycles. The Bertz CT molecular complexity index is 1620. The second-order valence-electron chi connectivity index (χ2n) is 16.8. The normalized spacial score (nSPS) is 16.1. The lowest BCUT2D eigenvalue weighted by Gasteiger charge is -2.36. The van der Waals surface area contributed by atoms with E-state index in [4.69, 9.17) is 9.47 Å². The number of likely N-dealkylation sites (tertiary alicyclic amines) is 2. The molecule has 0 bridgehead atoms. The van der Waals surface area contributed by atoms with Gasteiger partial charge < -0.3 is 24.2 Å². The van der Waals surface area contributed by atoms with E-state index in [-0.39, 0.29) is 44.0 Å². The van der Waals surface area contributed by atoms with Crippen LogP contribution in [0.25, 0.3) is 0 Å². The highest BCUT2D eigenvalue weighted by Gasteiger charge is 2.45. The Morgan fingerprint density at radius 2 is 1.07 bits per heavy atom. The fraction of sp³-hybridized carbons (Fsp3) is 0.651. The first kappa shape index (κ1) is 50.1. The van der Waals surface area contributed by atoms with Crippen molar-refractivity contribution < 1.29 is 50.2 Å². The third-order valence-corrected chi connectivity index (χ3v) is 9.76. The number of alkyl halides is 4. The van der Waals surface area contributed by atoms with Crippen LogP contribution in [-0.4, -0.2) is 108 Å². The first-order valence-electron chi connectivity index (χ1n) is 19.7. The molecule has 0 aromatic heterocycles. The first-order chi connectivity index (χ1) is 26.4. The highest BCUT2D eigenvalue weighted by Crippen LogP contribution is 2.33. The molecule has 9 nitrogen and oxygen atoms in total. The van der Waals surface area contributed by atoms with Crippen molar-refractivity contribution >= 4 is 18.1 Å². The Kier molecular flexibility index (Phi) is 18.4. The summed E-state index contributed by atoms with van der Waals surface area (Å²) < 4.78 is 95.3. The van der Waals surface area contributed by atoms with Gasteiger partial charge in [0.25, 0.3) is 11.8 Å². The van der Waals surface area contributed by atoms with E-state index in [1.54, 1.807) is 35.5 Å². The molecule has 2 heterocycles. The molecule has 0 saturated carbocycles. The van der Waals surface area contributed by atoms with E-state index >= 15 is 0 Å². The SMILES string of the molecule is C.CCN(CC1CCN(C(=O)C(F)(F)c2cccc(F)c2)CC1)C(=O)OC(C)(C)C.CCN(CC1CCN(CC(F)(F)c2cccc(F)c2)CC1)C(=O)OC(C)(C)C. The van der Waals surface area contributed by atoms with Gasteiger partial charge >= 0.3 is 18.1 Å². The van der Waals surface area contributed by atoms with Crippen LogP contribution in [-0.2, 0) is 26.1 Å². The van der Waals surface area contributed by atoms with Gasteiger partial charge in [-0.2, -0.15) is 17.6 Å². The molecule has 3 amide bonds. The van der Waals surface area contributed by atoms with Crippen molar-refractivity contribution in [2.45, 2.75) is 112 Å². The smallest absolute Gasteiger partial charge is 0.410 e. The number of hydrogen-bond acceptors (Lipinski definition) is 6. The van der Waals surface area contributed by atoms with Crippen LogP contribution < -0.4 is 0 Å². The van der Waals surface area contributed by atoms with Crippen LogP contribution in [0.3, 0.4) is 0 Å². The number of piperidine rings is 2. The molecule has 2 fully saturated rings. The van der Waals surface area contributed by atoms with Crippen molar-refractivity contribution in [1.29, 1.82) is 0 Å². The fourth-order valence-corrected chi connectivity index (χ4v) is 6.68. The summed E-state index contributed by atoms with van der Waals surface area (Å²) >= 11 is 0. The number of carbonyl (C=O) groups is 3. The summed E-state index contributed by atoms with van der Waals surface area (Å²) in [6, 6.07) is 8.57. The number of halogens is 6. The molecule has 0 atom stereocenters. The monoisotopic (exact) mass is 830 g/mol. The molecule has 2 aliphatic rings. The van der Waals surface area contributed by atoms with Crippen LogP contribution in [0, 0.1) is 23.5 Å². The van der Waals surface area contributed by atoms with Gasteiger partial charge in [-0.1, -0.05) is 31.7 Å². The van der Waals surface area contributed by atoms with Gasteiger partial charge in [-0.15, -0.1) is 0 Å². The van der Waals surface area contributed by atoms with Crippen LogP contribution >= 0.6 is 0 Å². The van der Waals surface area contributed by atoms with E-state index in [0.29, 0.717) is 58.2 Å². The maximum Gasteiger partial charge on any atom is 0.410 e. The topological polar surface area (TPSA) is 82.6 Å². The molecule has 2 aliphatic heterocycles. The second-order valence-corrected chi connectivity index (χ2v) is 16.8. The highest BCUT2D eigenvalue weighted by atomic mass is 19.3. The second kappa shape index (κ2) is 21.3. The molecule has 0 radical (unpaired) electrons. The van der Waals surface area contributed by atoms with Gasteiger partial charge in [0.05, 0.1) is 6.54 Å². The summed E-state index contributed by atoms with van der Waals surface area (Å²) in [6.45, 7) is 17.6. The summed E-state index contributed by atoms with van der Waals surface area (Å²) in [5, 5.41) is 0. The van der Waals surface area contributed by atoms with Gasteiger partial charge in [0, 0.05) is 50.4 Å². The zero-order valence-corrected chi connectivity index (χ0v) is 34.6. The molecule has 4 rings (SSSR count). The van der Waals surface area contributed by atoms with Gasteiger partial charge in [-0.25, -0.2) is 18.4 Å².